The van der Waals surface area contributed by atoms with Crippen LogP contribution in [0.1, 0.15) is 79.1 Å². The summed E-state index contributed by atoms with van der Waals surface area (Å²) in [4.78, 5) is 12.8. The summed E-state index contributed by atoms with van der Waals surface area (Å²) in [5, 5.41) is 1.99. The van der Waals surface area contributed by atoms with Crippen molar-refractivity contribution in [3.05, 3.63) is 36.4 Å². The van der Waals surface area contributed by atoms with Gasteiger partial charge in [0.1, 0.15) is 11.5 Å². The van der Waals surface area contributed by atoms with Crippen LogP contribution in [0.3, 0.4) is 0 Å². The zero-order valence-electron chi connectivity index (χ0n) is 18.7. The van der Waals surface area contributed by atoms with Crippen molar-refractivity contribution in [1.29, 1.82) is 0 Å². The van der Waals surface area contributed by atoms with Crippen LogP contribution in [0.4, 0.5) is 0 Å². The molecule has 160 valence electrons. The van der Waals surface area contributed by atoms with Crippen molar-refractivity contribution in [2.75, 3.05) is 6.61 Å². The van der Waals surface area contributed by atoms with E-state index in [1.54, 1.807) is 0 Å². The number of hydrogen-bond acceptors (Lipinski definition) is 3. The summed E-state index contributed by atoms with van der Waals surface area (Å²) in [6.45, 7) is 9.35. The predicted octanol–water partition coefficient (Wildman–Crippen LogP) is 7.56. The van der Waals surface area contributed by atoms with Gasteiger partial charge in [0.05, 0.1) is 12.5 Å². The predicted molar refractivity (Wildman–Crippen MR) is 122 cm³/mol. The molecule has 0 heterocycles. The van der Waals surface area contributed by atoms with Gasteiger partial charge in [-0.25, -0.2) is 0 Å². The highest BCUT2D eigenvalue weighted by Crippen LogP contribution is 2.33. The molecule has 3 heteroatoms. The highest BCUT2D eigenvalue weighted by atomic mass is 16.5. The maximum absolute atomic E-state index is 12.8. The van der Waals surface area contributed by atoms with E-state index >= 15 is 0 Å². The van der Waals surface area contributed by atoms with E-state index in [0.717, 1.165) is 48.6 Å². The normalized spacial score (nSPS) is 13.2. The first kappa shape index (κ1) is 23.3. The maximum atomic E-state index is 12.8. The van der Waals surface area contributed by atoms with Crippen LogP contribution >= 0.6 is 0 Å². The molecule has 0 aromatic heterocycles. The highest BCUT2D eigenvalue weighted by molar-refractivity contribution is 5.92. The van der Waals surface area contributed by atoms with Gasteiger partial charge in [-0.2, -0.15) is 0 Å². The Kier molecular flexibility index (Phi) is 10.0. The first-order valence-electron chi connectivity index (χ1n) is 11.5. The second kappa shape index (κ2) is 12.5. The van der Waals surface area contributed by atoms with Gasteiger partial charge in [0.2, 0.25) is 0 Å². The Balaban J connectivity index is 2.19. The summed E-state index contributed by atoms with van der Waals surface area (Å²) in [7, 11) is 0. The molecule has 29 heavy (non-hydrogen) atoms. The van der Waals surface area contributed by atoms with Crippen LogP contribution in [-0.4, -0.2) is 12.6 Å². The van der Waals surface area contributed by atoms with E-state index in [9.17, 15) is 4.79 Å². The van der Waals surface area contributed by atoms with Crippen LogP contribution in [0.15, 0.2) is 36.4 Å². The molecule has 0 amide bonds. The van der Waals surface area contributed by atoms with Gasteiger partial charge in [-0.1, -0.05) is 84.1 Å². The molecule has 0 aliphatic rings. The van der Waals surface area contributed by atoms with E-state index in [2.05, 4.69) is 27.7 Å². The Bertz CT molecular complexity index is 753. The monoisotopic (exact) mass is 398 g/mol. The molecule has 2 atom stereocenters. The summed E-state index contributed by atoms with van der Waals surface area (Å²) in [5.74, 6) is 1.78. The summed E-state index contributed by atoms with van der Waals surface area (Å²) >= 11 is 0. The van der Waals surface area contributed by atoms with Crippen molar-refractivity contribution in [2.24, 2.45) is 11.8 Å². The average molecular weight is 399 g/mol. The minimum absolute atomic E-state index is 0.0446. The summed E-state index contributed by atoms with van der Waals surface area (Å²) < 4.78 is 12.0. The van der Waals surface area contributed by atoms with Gasteiger partial charge in [-0.3, -0.25) is 4.79 Å². The van der Waals surface area contributed by atoms with Gasteiger partial charge in [-0.05, 0) is 36.6 Å². The van der Waals surface area contributed by atoms with Crippen molar-refractivity contribution in [3.63, 3.8) is 0 Å². The third-order valence-electron chi connectivity index (χ3n) is 5.77. The third kappa shape index (κ3) is 7.06. The molecular weight excluding hydrogens is 360 g/mol. The minimum atomic E-state index is -0.127. The van der Waals surface area contributed by atoms with E-state index in [0.29, 0.717) is 18.3 Å². The van der Waals surface area contributed by atoms with Crippen LogP contribution < -0.4 is 9.47 Å². The fourth-order valence-electron chi connectivity index (χ4n) is 3.66. The van der Waals surface area contributed by atoms with Crippen LogP contribution in [0.2, 0.25) is 0 Å². The van der Waals surface area contributed by atoms with Crippen molar-refractivity contribution >= 4 is 16.7 Å². The summed E-state index contributed by atoms with van der Waals surface area (Å²) in [6, 6.07) is 12.0. The van der Waals surface area contributed by atoms with Gasteiger partial charge in [0.25, 0.3) is 0 Å². The SMILES string of the molecule is CCCCC(CC)COc1cc(OC(=O)C(CC)CCCC)c2ccccc2c1. The molecule has 0 spiro atoms. The number of unbranched alkanes of at least 4 members (excludes halogenated alkanes) is 2. The lowest BCUT2D eigenvalue weighted by atomic mass is 9.99. The highest BCUT2D eigenvalue weighted by Gasteiger charge is 2.20. The van der Waals surface area contributed by atoms with Gasteiger partial charge in [0, 0.05) is 11.5 Å². The van der Waals surface area contributed by atoms with Crippen LogP contribution in [0.25, 0.3) is 10.8 Å². The Hall–Kier alpha value is -2.03. The molecule has 0 saturated heterocycles. The average Bonchev–Trinajstić information content (AvgIpc) is 2.74. The van der Waals surface area contributed by atoms with E-state index in [1.165, 1.54) is 19.3 Å². The van der Waals surface area contributed by atoms with Crippen molar-refractivity contribution in [1.82, 2.24) is 0 Å². The fraction of sp³-hybridized carbons (Fsp3) is 0.577. The van der Waals surface area contributed by atoms with E-state index < -0.39 is 0 Å². The van der Waals surface area contributed by atoms with Gasteiger partial charge < -0.3 is 9.47 Å². The molecule has 0 aliphatic carbocycles. The lowest BCUT2D eigenvalue weighted by molar-refractivity contribution is -0.139. The van der Waals surface area contributed by atoms with Gasteiger partial charge >= 0.3 is 5.97 Å². The standard InChI is InChI=1S/C26H38O3/c1-5-9-13-20(7-3)19-28-23-17-22-15-11-12-16-24(22)25(18-23)29-26(27)21(8-4)14-10-6-2/h11-12,15-18,20-21H,5-10,13-14,19H2,1-4H3. The molecule has 0 radical (unpaired) electrons. The molecule has 2 aromatic carbocycles. The van der Waals surface area contributed by atoms with Crippen molar-refractivity contribution in [3.8, 4) is 11.5 Å². The molecule has 2 aromatic rings. The third-order valence-corrected chi connectivity index (χ3v) is 5.77. The fourth-order valence-corrected chi connectivity index (χ4v) is 3.66. The zero-order chi connectivity index (χ0) is 21.1. The summed E-state index contributed by atoms with van der Waals surface area (Å²) in [6.07, 6.45) is 8.59. The smallest absolute Gasteiger partial charge is 0.314 e. The Morgan fingerprint density at radius 1 is 0.931 bits per heavy atom. The molecule has 0 bridgehead atoms. The van der Waals surface area contributed by atoms with E-state index in [-0.39, 0.29) is 11.9 Å². The second-order valence-corrected chi connectivity index (χ2v) is 8.04. The Labute approximate surface area is 176 Å². The van der Waals surface area contributed by atoms with Crippen molar-refractivity contribution < 1.29 is 14.3 Å². The number of hydrogen-bond donors (Lipinski definition) is 0. The lowest BCUT2D eigenvalue weighted by Gasteiger charge is -2.18. The molecule has 2 rings (SSSR count). The van der Waals surface area contributed by atoms with Crippen LogP contribution in [-0.2, 0) is 4.79 Å². The number of carbonyl (C=O) groups is 1. The van der Waals surface area contributed by atoms with E-state index in [1.807, 2.05) is 36.4 Å². The largest absolute Gasteiger partial charge is 0.493 e. The summed E-state index contributed by atoms with van der Waals surface area (Å²) in [5.41, 5.74) is 0. The van der Waals surface area contributed by atoms with E-state index in [4.69, 9.17) is 9.47 Å². The quantitative estimate of drug-likeness (QED) is 0.258. The Morgan fingerprint density at radius 3 is 2.34 bits per heavy atom. The number of rotatable bonds is 13. The molecule has 0 fully saturated rings. The second-order valence-electron chi connectivity index (χ2n) is 8.04. The molecule has 2 unspecified atom stereocenters. The lowest BCUT2D eigenvalue weighted by Crippen LogP contribution is -2.20. The maximum Gasteiger partial charge on any atom is 0.314 e. The number of fused-ring (bicyclic) bond motifs is 1. The molecular formula is C26H38O3. The molecule has 0 aliphatic heterocycles. The molecule has 3 nitrogen and oxygen atoms in total. The minimum Gasteiger partial charge on any atom is -0.493 e. The Morgan fingerprint density at radius 2 is 1.66 bits per heavy atom. The first-order chi connectivity index (χ1) is 14.1. The number of ether oxygens (including phenoxy) is 2. The first-order valence-corrected chi connectivity index (χ1v) is 11.5. The van der Waals surface area contributed by atoms with Crippen LogP contribution in [0.5, 0.6) is 11.5 Å². The molecule has 0 saturated carbocycles. The van der Waals surface area contributed by atoms with Crippen molar-refractivity contribution in [2.45, 2.75) is 79.1 Å². The van der Waals surface area contributed by atoms with Gasteiger partial charge in [-0.15, -0.1) is 0 Å². The topological polar surface area (TPSA) is 35.5 Å². The zero-order valence-corrected chi connectivity index (χ0v) is 18.7. The number of benzene rings is 2. The van der Waals surface area contributed by atoms with Gasteiger partial charge in [0.15, 0.2) is 0 Å². The number of carbonyl (C=O) groups excluding carboxylic acids is 1. The molecule has 0 N–H and O–H groups in total. The van der Waals surface area contributed by atoms with Crippen LogP contribution in [0, 0.1) is 11.8 Å². The number of esters is 1.